The zero-order chi connectivity index (χ0) is 21.3. The second-order valence-corrected chi connectivity index (χ2v) is 7.29. The van der Waals surface area contributed by atoms with Crippen LogP contribution in [0.2, 0.25) is 0 Å². The van der Waals surface area contributed by atoms with E-state index in [4.69, 9.17) is 4.74 Å². The minimum atomic E-state index is -0.837. The fourth-order valence-corrected chi connectivity index (χ4v) is 3.39. The number of para-hydroxylation sites is 2. The number of hydrogen-bond donors (Lipinski definition) is 3. The predicted molar refractivity (Wildman–Crippen MR) is 115 cm³/mol. The Bertz CT molecular complexity index is 1030. The first-order valence-electron chi connectivity index (χ1n) is 9.19. The molecule has 0 aliphatic rings. The third kappa shape index (κ3) is 5.45. The highest BCUT2D eigenvalue weighted by molar-refractivity contribution is 7.09. The summed E-state index contributed by atoms with van der Waals surface area (Å²) >= 11 is 1.48. The SMILES string of the molecule is COc1ccccc1CNC(=O)c1ccccc1NC(=O)C(=O)NCc1cccs1. The molecule has 0 aliphatic heterocycles. The van der Waals surface area contributed by atoms with Gasteiger partial charge < -0.3 is 20.7 Å². The van der Waals surface area contributed by atoms with E-state index < -0.39 is 11.8 Å². The Morgan fingerprint density at radius 3 is 2.40 bits per heavy atom. The average Bonchev–Trinajstić information content (AvgIpc) is 3.30. The zero-order valence-electron chi connectivity index (χ0n) is 16.3. The first-order valence-corrected chi connectivity index (χ1v) is 10.1. The smallest absolute Gasteiger partial charge is 0.313 e. The number of ether oxygens (including phenoxy) is 1. The molecule has 0 aliphatic carbocycles. The van der Waals surface area contributed by atoms with Crippen molar-refractivity contribution in [3.63, 3.8) is 0 Å². The number of benzene rings is 2. The van der Waals surface area contributed by atoms with Crippen LogP contribution in [-0.4, -0.2) is 24.8 Å². The average molecular weight is 423 g/mol. The summed E-state index contributed by atoms with van der Waals surface area (Å²) in [7, 11) is 1.56. The molecule has 0 saturated carbocycles. The van der Waals surface area contributed by atoms with Crippen molar-refractivity contribution in [3.05, 3.63) is 82.0 Å². The molecule has 2 aromatic carbocycles. The normalized spacial score (nSPS) is 10.2. The Morgan fingerprint density at radius 2 is 1.63 bits per heavy atom. The molecule has 30 heavy (non-hydrogen) atoms. The van der Waals surface area contributed by atoms with Crippen LogP contribution in [-0.2, 0) is 22.7 Å². The summed E-state index contributed by atoms with van der Waals surface area (Å²) < 4.78 is 5.28. The number of thiophene rings is 1. The van der Waals surface area contributed by atoms with Crippen LogP contribution in [0.3, 0.4) is 0 Å². The number of methoxy groups -OCH3 is 1. The Hall–Kier alpha value is -3.65. The van der Waals surface area contributed by atoms with Gasteiger partial charge in [0.15, 0.2) is 0 Å². The summed E-state index contributed by atoms with van der Waals surface area (Å²) in [4.78, 5) is 37.9. The molecule has 1 aromatic heterocycles. The third-order valence-corrected chi connectivity index (χ3v) is 5.14. The topological polar surface area (TPSA) is 96.5 Å². The quantitative estimate of drug-likeness (QED) is 0.509. The molecule has 3 amide bonds. The monoisotopic (exact) mass is 423 g/mol. The van der Waals surface area contributed by atoms with Gasteiger partial charge in [-0.1, -0.05) is 36.4 Å². The van der Waals surface area contributed by atoms with Crippen LogP contribution in [0.1, 0.15) is 20.8 Å². The number of carbonyl (C=O) groups is 3. The van der Waals surface area contributed by atoms with Crippen molar-refractivity contribution in [1.29, 1.82) is 0 Å². The molecule has 1 heterocycles. The van der Waals surface area contributed by atoms with Crippen molar-refractivity contribution in [1.82, 2.24) is 10.6 Å². The lowest BCUT2D eigenvalue weighted by molar-refractivity contribution is -0.136. The summed E-state index contributed by atoms with van der Waals surface area (Å²) in [5.74, 6) is -1.32. The lowest BCUT2D eigenvalue weighted by Gasteiger charge is -2.12. The van der Waals surface area contributed by atoms with Gasteiger partial charge in [0, 0.05) is 17.0 Å². The maximum absolute atomic E-state index is 12.7. The highest BCUT2D eigenvalue weighted by Crippen LogP contribution is 2.18. The van der Waals surface area contributed by atoms with Gasteiger partial charge in [-0.25, -0.2) is 0 Å². The Morgan fingerprint density at radius 1 is 0.867 bits per heavy atom. The van der Waals surface area contributed by atoms with Crippen molar-refractivity contribution in [3.8, 4) is 5.75 Å². The van der Waals surface area contributed by atoms with Crippen LogP contribution in [0, 0.1) is 0 Å². The van der Waals surface area contributed by atoms with E-state index in [9.17, 15) is 14.4 Å². The maximum atomic E-state index is 12.7. The second kappa shape index (κ2) is 10.2. The molecule has 0 saturated heterocycles. The van der Waals surface area contributed by atoms with Gasteiger partial charge in [0.2, 0.25) is 0 Å². The van der Waals surface area contributed by atoms with E-state index in [1.807, 2.05) is 41.8 Å². The predicted octanol–water partition coefficient (Wildman–Crippen LogP) is 2.94. The van der Waals surface area contributed by atoms with Crippen molar-refractivity contribution in [2.45, 2.75) is 13.1 Å². The molecule has 0 unspecified atom stereocenters. The van der Waals surface area contributed by atoms with Crippen LogP contribution < -0.4 is 20.7 Å². The molecular formula is C22H21N3O4S. The molecule has 0 spiro atoms. The summed E-state index contributed by atoms with van der Waals surface area (Å²) in [5.41, 5.74) is 1.33. The van der Waals surface area contributed by atoms with E-state index in [1.165, 1.54) is 11.3 Å². The van der Waals surface area contributed by atoms with Gasteiger partial charge in [0.25, 0.3) is 5.91 Å². The molecule has 154 valence electrons. The molecule has 0 fully saturated rings. The van der Waals surface area contributed by atoms with Crippen molar-refractivity contribution in [2.24, 2.45) is 0 Å². The van der Waals surface area contributed by atoms with Crippen LogP contribution in [0.4, 0.5) is 5.69 Å². The zero-order valence-corrected chi connectivity index (χ0v) is 17.1. The first kappa shape index (κ1) is 21.1. The number of anilines is 1. The fraction of sp³-hybridized carbons (Fsp3) is 0.136. The van der Waals surface area contributed by atoms with E-state index in [0.717, 1.165) is 10.4 Å². The van der Waals surface area contributed by atoms with Gasteiger partial charge in [0.05, 0.1) is 24.9 Å². The summed E-state index contributed by atoms with van der Waals surface area (Å²) in [6.07, 6.45) is 0. The lowest BCUT2D eigenvalue weighted by atomic mass is 10.1. The molecule has 7 nitrogen and oxygen atoms in total. The molecular weight excluding hydrogens is 402 g/mol. The largest absolute Gasteiger partial charge is 0.496 e. The maximum Gasteiger partial charge on any atom is 0.313 e. The standard InChI is InChI=1S/C22H21N3O4S/c1-29-19-11-5-2-7-15(19)13-23-20(26)17-9-3-4-10-18(17)25-22(28)21(27)24-14-16-8-6-12-30-16/h2-12H,13-14H2,1H3,(H,23,26)(H,24,27)(H,25,28). The third-order valence-electron chi connectivity index (χ3n) is 4.26. The number of carbonyl (C=O) groups excluding carboxylic acids is 3. The van der Waals surface area contributed by atoms with Gasteiger partial charge in [-0.15, -0.1) is 11.3 Å². The van der Waals surface area contributed by atoms with E-state index in [0.29, 0.717) is 5.75 Å². The van der Waals surface area contributed by atoms with E-state index >= 15 is 0 Å². The Balaban J connectivity index is 1.62. The highest BCUT2D eigenvalue weighted by Gasteiger charge is 2.18. The minimum Gasteiger partial charge on any atom is -0.496 e. The molecule has 8 heteroatoms. The fourth-order valence-electron chi connectivity index (χ4n) is 2.75. The first-order chi connectivity index (χ1) is 14.6. The van der Waals surface area contributed by atoms with Gasteiger partial charge >= 0.3 is 11.8 Å². The summed E-state index contributed by atoms with van der Waals surface area (Å²) in [6, 6.07) is 17.6. The van der Waals surface area contributed by atoms with Gasteiger partial charge in [-0.3, -0.25) is 14.4 Å². The van der Waals surface area contributed by atoms with Gasteiger partial charge in [0.1, 0.15) is 5.75 Å². The van der Waals surface area contributed by atoms with Crippen molar-refractivity contribution in [2.75, 3.05) is 12.4 Å². The van der Waals surface area contributed by atoms with Crippen LogP contribution in [0.5, 0.6) is 5.75 Å². The van der Waals surface area contributed by atoms with E-state index in [-0.39, 0.29) is 30.2 Å². The number of rotatable bonds is 7. The molecule has 0 radical (unpaired) electrons. The Labute approximate surface area is 178 Å². The summed E-state index contributed by atoms with van der Waals surface area (Å²) in [6.45, 7) is 0.525. The van der Waals surface area contributed by atoms with Gasteiger partial charge in [-0.2, -0.15) is 0 Å². The van der Waals surface area contributed by atoms with E-state index in [2.05, 4.69) is 16.0 Å². The van der Waals surface area contributed by atoms with Gasteiger partial charge in [-0.05, 0) is 29.6 Å². The van der Waals surface area contributed by atoms with Crippen LogP contribution in [0.25, 0.3) is 0 Å². The highest BCUT2D eigenvalue weighted by atomic mass is 32.1. The molecule has 3 N–H and O–H groups in total. The van der Waals surface area contributed by atoms with E-state index in [1.54, 1.807) is 31.4 Å². The van der Waals surface area contributed by atoms with Crippen LogP contribution in [0.15, 0.2) is 66.0 Å². The molecule has 3 aromatic rings. The molecule has 0 bridgehead atoms. The second-order valence-electron chi connectivity index (χ2n) is 6.26. The Kier molecular flexibility index (Phi) is 7.18. The van der Waals surface area contributed by atoms with Crippen LogP contribution >= 0.6 is 11.3 Å². The lowest BCUT2D eigenvalue weighted by Crippen LogP contribution is -2.35. The van der Waals surface area contributed by atoms with Crippen molar-refractivity contribution < 1.29 is 19.1 Å². The number of nitrogens with one attached hydrogen (secondary N) is 3. The summed E-state index contributed by atoms with van der Waals surface area (Å²) in [5, 5.41) is 9.76. The number of amides is 3. The molecule has 0 atom stereocenters. The molecule has 3 rings (SSSR count). The number of hydrogen-bond acceptors (Lipinski definition) is 5. The van der Waals surface area contributed by atoms with Crippen molar-refractivity contribution >= 4 is 34.7 Å². The minimum absolute atomic E-state index is 0.256.